The molecular formula is C57H113N3O6. The van der Waals surface area contributed by atoms with Crippen molar-refractivity contribution in [1.29, 1.82) is 0 Å². The predicted octanol–water partition coefficient (Wildman–Crippen LogP) is 16.2. The largest absolute Gasteiger partial charge is 0.447 e. The molecule has 0 heterocycles. The van der Waals surface area contributed by atoms with Gasteiger partial charge in [0, 0.05) is 18.5 Å². The fourth-order valence-corrected chi connectivity index (χ4v) is 9.27. The van der Waals surface area contributed by atoms with E-state index in [9.17, 15) is 14.4 Å². The standard InChI is InChI=1S/C57H113N3O6/c1-12-15-17-19-21-23-25-27-29-31-33-35-37-39-41-43-46-58-52(62)50(59-51(61)44-42-40-38-36-34-32-30-28-26-24-22-20-18-16-13-2)48-64-53(63)60-55(7,8)49-56(9,10)66-57(11,14-3)45-47-65-54(4,5)6/h50H,12-49H2,1-11H3,(H,58,62)(H,59,61)(H,60,63). The molecule has 0 fully saturated rings. The van der Waals surface area contributed by atoms with Crippen molar-refractivity contribution in [3.8, 4) is 0 Å². The number of carbonyl (C=O) groups excluding carboxylic acids is 3. The predicted molar refractivity (Wildman–Crippen MR) is 281 cm³/mol. The topological polar surface area (TPSA) is 115 Å². The molecule has 2 unspecified atom stereocenters. The minimum atomic E-state index is -0.955. The summed E-state index contributed by atoms with van der Waals surface area (Å²) in [4.78, 5) is 39.9. The van der Waals surface area contributed by atoms with Crippen LogP contribution in [-0.4, -0.2) is 66.1 Å². The Morgan fingerprint density at radius 1 is 0.515 bits per heavy atom. The van der Waals surface area contributed by atoms with Crippen LogP contribution in [-0.2, 0) is 23.8 Å². The van der Waals surface area contributed by atoms with Crippen LogP contribution >= 0.6 is 0 Å². The first-order valence-corrected chi connectivity index (χ1v) is 28.2. The number of unbranched alkanes of at least 4 members (excludes halogenated alkanes) is 29. The lowest BCUT2D eigenvalue weighted by Crippen LogP contribution is -2.53. The molecule has 392 valence electrons. The van der Waals surface area contributed by atoms with Crippen molar-refractivity contribution in [3.05, 3.63) is 0 Å². The van der Waals surface area contributed by atoms with Gasteiger partial charge in [-0.25, -0.2) is 4.79 Å². The first kappa shape index (κ1) is 64.1. The van der Waals surface area contributed by atoms with E-state index in [1.54, 1.807) is 0 Å². The number of carbonyl (C=O) groups is 3. The molecule has 66 heavy (non-hydrogen) atoms. The molecule has 0 bridgehead atoms. The van der Waals surface area contributed by atoms with Crippen LogP contribution in [0.25, 0.3) is 0 Å². The van der Waals surface area contributed by atoms with Crippen LogP contribution in [0.5, 0.6) is 0 Å². The smallest absolute Gasteiger partial charge is 0.407 e. The molecule has 0 rings (SSSR count). The maximum absolute atomic E-state index is 13.5. The third-order valence-corrected chi connectivity index (χ3v) is 13.1. The first-order chi connectivity index (χ1) is 31.4. The van der Waals surface area contributed by atoms with Crippen molar-refractivity contribution in [1.82, 2.24) is 16.0 Å². The molecule has 0 aliphatic carbocycles. The monoisotopic (exact) mass is 936 g/mol. The van der Waals surface area contributed by atoms with Crippen molar-refractivity contribution in [2.24, 2.45) is 0 Å². The van der Waals surface area contributed by atoms with Crippen molar-refractivity contribution in [2.75, 3.05) is 19.8 Å². The van der Waals surface area contributed by atoms with Crippen molar-refractivity contribution in [2.45, 2.75) is 329 Å². The molecule has 9 nitrogen and oxygen atoms in total. The summed E-state index contributed by atoms with van der Waals surface area (Å²) >= 11 is 0. The van der Waals surface area contributed by atoms with Gasteiger partial charge in [0.05, 0.1) is 23.4 Å². The Labute approximate surface area is 410 Å². The highest BCUT2D eigenvalue weighted by molar-refractivity contribution is 5.88. The summed E-state index contributed by atoms with van der Waals surface area (Å²) < 4.78 is 18.4. The molecule has 0 aromatic carbocycles. The maximum Gasteiger partial charge on any atom is 0.407 e. The Hall–Kier alpha value is -1.87. The van der Waals surface area contributed by atoms with Gasteiger partial charge in [-0.2, -0.15) is 0 Å². The van der Waals surface area contributed by atoms with E-state index in [0.717, 1.165) is 51.4 Å². The first-order valence-electron chi connectivity index (χ1n) is 28.2. The Morgan fingerprint density at radius 3 is 1.30 bits per heavy atom. The third-order valence-electron chi connectivity index (χ3n) is 13.1. The van der Waals surface area contributed by atoms with Crippen molar-refractivity contribution < 1.29 is 28.6 Å². The number of ether oxygens (including phenoxy) is 3. The molecule has 3 N–H and O–H groups in total. The molecule has 0 aromatic heterocycles. The average Bonchev–Trinajstić information content (AvgIpc) is 3.23. The van der Waals surface area contributed by atoms with Gasteiger partial charge in [-0.3, -0.25) is 9.59 Å². The second-order valence-corrected chi connectivity index (χ2v) is 22.6. The maximum atomic E-state index is 13.5. The van der Waals surface area contributed by atoms with Crippen LogP contribution < -0.4 is 16.0 Å². The van der Waals surface area contributed by atoms with E-state index >= 15 is 0 Å². The normalized spacial score (nSPS) is 13.6. The fourth-order valence-electron chi connectivity index (χ4n) is 9.27. The SMILES string of the molecule is CCCCCCCCCCCCCCCCCCNC(=O)C(COC(=O)NC(C)(C)CC(C)(C)OC(C)(CC)CCOC(C)(C)C)NC(=O)CCCCCCCCCCCCCCCCC. The molecule has 9 heteroatoms. The van der Waals surface area contributed by atoms with E-state index in [1.165, 1.54) is 161 Å². The number of nitrogens with one attached hydrogen (secondary N) is 3. The van der Waals surface area contributed by atoms with Crippen LogP contribution in [0.4, 0.5) is 4.79 Å². The highest BCUT2D eigenvalue weighted by Gasteiger charge is 2.37. The van der Waals surface area contributed by atoms with Crippen molar-refractivity contribution in [3.63, 3.8) is 0 Å². The van der Waals surface area contributed by atoms with E-state index in [1.807, 2.05) is 27.7 Å². The lowest BCUT2D eigenvalue weighted by molar-refractivity contribution is -0.157. The number of hydrogen-bond donors (Lipinski definition) is 3. The molecule has 0 saturated heterocycles. The number of amides is 3. The van der Waals surface area contributed by atoms with Crippen LogP contribution in [0.15, 0.2) is 0 Å². The molecule has 2 atom stereocenters. The van der Waals surface area contributed by atoms with Gasteiger partial charge in [-0.1, -0.05) is 207 Å². The molecule has 0 aliphatic heterocycles. The second-order valence-electron chi connectivity index (χ2n) is 22.6. The van der Waals surface area contributed by atoms with Gasteiger partial charge in [0.25, 0.3) is 0 Å². The Morgan fingerprint density at radius 2 is 0.909 bits per heavy atom. The van der Waals surface area contributed by atoms with Gasteiger partial charge in [0.15, 0.2) is 0 Å². The summed E-state index contributed by atoms with van der Waals surface area (Å²) in [7, 11) is 0. The summed E-state index contributed by atoms with van der Waals surface area (Å²) in [5.74, 6) is -0.487. The van der Waals surface area contributed by atoms with Crippen LogP contribution in [0.1, 0.15) is 301 Å². The summed E-state index contributed by atoms with van der Waals surface area (Å²) in [6.07, 6.45) is 41.6. The highest BCUT2D eigenvalue weighted by Crippen LogP contribution is 2.33. The Balaban J connectivity index is 4.90. The Kier molecular flexibility index (Phi) is 38.8. The summed E-state index contributed by atoms with van der Waals surface area (Å²) in [6.45, 7) is 23.9. The number of rotatable bonds is 46. The van der Waals surface area contributed by atoms with Gasteiger partial charge in [-0.05, 0) is 87.5 Å². The number of hydrogen-bond acceptors (Lipinski definition) is 6. The van der Waals surface area contributed by atoms with Gasteiger partial charge in [0.1, 0.15) is 12.6 Å². The van der Waals surface area contributed by atoms with E-state index in [4.69, 9.17) is 14.2 Å². The van der Waals surface area contributed by atoms with Crippen molar-refractivity contribution >= 4 is 17.9 Å². The minimum absolute atomic E-state index is 0.178. The van der Waals surface area contributed by atoms with E-state index in [-0.39, 0.29) is 29.6 Å². The molecular weight excluding hydrogens is 823 g/mol. The second kappa shape index (κ2) is 39.9. The summed E-state index contributed by atoms with van der Waals surface area (Å²) in [5.41, 5.74) is -1.82. The molecule has 0 aromatic rings. The van der Waals surface area contributed by atoms with E-state index < -0.39 is 23.3 Å². The summed E-state index contributed by atoms with van der Waals surface area (Å²) in [6, 6.07) is -0.955. The molecule has 0 aliphatic rings. The third kappa shape index (κ3) is 41.1. The van der Waals surface area contributed by atoms with Crippen LogP contribution in [0.2, 0.25) is 0 Å². The van der Waals surface area contributed by atoms with Gasteiger partial charge in [-0.15, -0.1) is 0 Å². The minimum Gasteiger partial charge on any atom is -0.447 e. The number of alkyl carbamates (subject to hydrolysis) is 1. The lowest BCUT2D eigenvalue weighted by atomic mass is 9.87. The highest BCUT2D eigenvalue weighted by atomic mass is 16.6. The Bertz CT molecular complexity index is 1170. The van der Waals surface area contributed by atoms with Crippen LogP contribution in [0.3, 0.4) is 0 Å². The van der Waals surface area contributed by atoms with Gasteiger partial charge >= 0.3 is 6.09 Å². The zero-order valence-electron chi connectivity index (χ0n) is 45.9. The average molecular weight is 937 g/mol. The molecule has 0 spiro atoms. The summed E-state index contributed by atoms with van der Waals surface area (Å²) in [5, 5.41) is 8.93. The lowest BCUT2D eigenvalue weighted by Gasteiger charge is -2.42. The molecule has 0 radical (unpaired) electrons. The zero-order valence-corrected chi connectivity index (χ0v) is 45.9. The van der Waals surface area contributed by atoms with Gasteiger partial charge in [0.2, 0.25) is 11.8 Å². The molecule has 3 amide bonds. The fraction of sp³-hybridized carbons (Fsp3) is 0.947. The molecule has 0 saturated carbocycles. The zero-order chi connectivity index (χ0) is 49.4. The van der Waals surface area contributed by atoms with E-state index in [2.05, 4.69) is 64.4 Å². The van der Waals surface area contributed by atoms with Crippen LogP contribution in [0, 0.1) is 0 Å². The van der Waals surface area contributed by atoms with Gasteiger partial charge < -0.3 is 30.2 Å². The quantitative estimate of drug-likeness (QED) is 0.0524. The van der Waals surface area contributed by atoms with E-state index in [0.29, 0.717) is 26.0 Å².